The fourth-order valence-electron chi connectivity index (χ4n) is 10.4. The molecule has 6 heterocycles. The van der Waals surface area contributed by atoms with Crippen LogP contribution in [-0.4, -0.2) is 76.3 Å². The van der Waals surface area contributed by atoms with Gasteiger partial charge in [-0.05, 0) is 106 Å². The molecule has 16 heteroatoms. The van der Waals surface area contributed by atoms with E-state index in [4.69, 9.17) is 33.6 Å². The van der Waals surface area contributed by atoms with Gasteiger partial charge in [0.15, 0.2) is 11.2 Å². The standard InChI is InChI=1S/C36H50F6O8S2/c1-19-7-10-26-22(28(35(37,38)39)45-30-33(26,48-43)24(19)12-9-21(3)44-30)17-51-15-5-6-16-52-18-23-27-11-8-20(2)25-13-14-32(4)47-31(34(25,27)50-49-32)46-29(23)36(40,41)42/h19-21,24-27,30-31,43H,5-18H2,1-4H3/t19-,20-,21+,24?,25?,26+,27+,30+,31-,32-,33?,34-/m1/s1. The van der Waals surface area contributed by atoms with Crippen LogP contribution in [0.25, 0.3) is 0 Å². The Morgan fingerprint density at radius 3 is 1.92 bits per heavy atom. The molecular formula is C36H50F6O8S2. The topological polar surface area (TPSA) is 84.8 Å². The average molecular weight is 789 g/mol. The first-order valence-corrected chi connectivity index (χ1v) is 21.0. The molecule has 1 N–H and O–H groups in total. The van der Waals surface area contributed by atoms with Crippen molar-refractivity contribution < 1.29 is 65.2 Å². The van der Waals surface area contributed by atoms with Crippen molar-refractivity contribution in [1.29, 1.82) is 0 Å². The Morgan fingerprint density at radius 2 is 1.31 bits per heavy atom. The maximum Gasteiger partial charge on any atom is 0.449 e. The lowest BCUT2D eigenvalue weighted by atomic mass is 9.59. The second-order valence-electron chi connectivity index (χ2n) is 16.1. The van der Waals surface area contributed by atoms with Gasteiger partial charge in [0.2, 0.25) is 29.9 Å². The van der Waals surface area contributed by atoms with Crippen LogP contribution in [0.1, 0.15) is 91.9 Å². The molecule has 1 spiro atoms. The lowest BCUT2D eigenvalue weighted by molar-refractivity contribution is -0.557. The zero-order valence-corrected chi connectivity index (χ0v) is 31.6. The highest BCUT2D eigenvalue weighted by atomic mass is 32.2. The predicted molar refractivity (Wildman–Crippen MR) is 180 cm³/mol. The first-order chi connectivity index (χ1) is 24.5. The summed E-state index contributed by atoms with van der Waals surface area (Å²) in [5.41, 5.74) is -2.31. The van der Waals surface area contributed by atoms with Crippen molar-refractivity contribution in [3.05, 3.63) is 22.7 Å². The molecule has 8 aliphatic rings. The van der Waals surface area contributed by atoms with Crippen LogP contribution in [0.4, 0.5) is 26.3 Å². The van der Waals surface area contributed by atoms with Gasteiger partial charge in [-0.3, -0.25) is 5.26 Å². The Hall–Kier alpha value is -0.880. The van der Waals surface area contributed by atoms with Crippen LogP contribution in [0.5, 0.6) is 0 Å². The number of hydrogen-bond donors (Lipinski definition) is 1. The minimum Gasteiger partial charge on any atom is -0.456 e. The summed E-state index contributed by atoms with van der Waals surface area (Å²) in [6, 6.07) is 0. The molecule has 6 fully saturated rings. The van der Waals surface area contributed by atoms with E-state index in [0.29, 0.717) is 69.3 Å². The van der Waals surface area contributed by atoms with Crippen LogP contribution in [0.2, 0.25) is 0 Å². The molecule has 4 saturated heterocycles. The van der Waals surface area contributed by atoms with Crippen molar-refractivity contribution in [2.24, 2.45) is 35.5 Å². The number of allylic oxidation sites excluding steroid dienone is 2. The summed E-state index contributed by atoms with van der Waals surface area (Å²) in [7, 11) is 0. The zero-order valence-electron chi connectivity index (χ0n) is 30.0. The summed E-state index contributed by atoms with van der Waals surface area (Å²) >= 11 is 2.74. The van der Waals surface area contributed by atoms with Crippen molar-refractivity contribution in [1.82, 2.24) is 0 Å². The Bertz CT molecular complexity index is 1320. The third kappa shape index (κ3) is 6.72. The summed E-state index contributed by atoms with van der Waals surface area (Å²) < 4.78 is 110. The Morgan fingerprint density at radius 1 is 0.731 bits per heavy atom. The quantitative estimate of drug-likeness (QED) is 0.100. The van der Waals surface area contributed by atoms with E-state index in [-0.39, 0.29) is 52.4 Å². The Labute approximate surface area is 309 Å². The molecule has 8 rings (SSSR count). The highest BCUT2D eigenvalue weighted by Gasteiger charge is 2.70. The molecule has 8 nitrogen and oxygen atoms in total. The smallest absolute Gasteiger partial charge is 0.449 e. The minimum absolute atomic E-state index is 0.0496. The number of hydrogen-bond acceptors (Lipinski definition) is 10. The molecule has 0 aromatic carbocycles. The molecule has 296 valence electrons. The molecule has 0 radical (unpaired) electrons. The molecule has 2 aliphatic carbocycles. The van der Waals surface area contributed by atoms with E-state index >= 15 is 0 Å². The minimum atomic E-state index is -4.74. The molecule has 2 bridgehead atoms. The second-order valence-corrected chi connectivity index (χ2v) is 18.3. The monoisotopic (exact) mass is 788 g/mol. The van der Waals surface area contributed by atoms with E-state index in [9.17, 15) is 31.6 Å². The van der Waals surface area contributed by atoms with Gasteiger partial charge in [0.05, 0.1) is 6.10 Å². The fraction of sp³-hybridized carbons (Fsp3) is 0.889. The van der Waals surface area contributed by atoms with Crippen molar-refractivity contribution in [2.75, 3.05) is 23.0 Å². The van der Waals surface area contributed by atoms with Gasteiger partial charge in [0.25, 0.3) is 0 Å². The molecule has 0 amide bonds. The Balaban J connectivity index is 0.990. The highest BCUT2D eigenvalue weighted by molar-refractivity contribution is 7.99. The number of alkyl halides is 6. The van der Waals surface area contributed by atoms with E-state index in [1.54, 1.807) is 13.8 Å². The van der Waals surface area contributed by atoms with Gasteiger partial charge in [-0.1, -0.05) is 13.8 Å². The maximum atomic E-state index is 14.5. The summed E-state index contributed by atoms with van der Waals surface area (Å²) in [5.74, 6) is -3.27. The van der Waals surface area contributed by atoms with Gasteiger partial charge in [-0.25, -0.2) is 14.7 Å². The molecule has 3 unspecified atom stereocenters. The summed E-state index contributed by atoms with van der Waals surface area (Å²) in [5, 5.41) is 10.4. The van der Waals surface area contributed by atoms with E-state index < -0.39 is 65.3 Å². The number of rotatable bonds is 10. The number of fused-ring (bicyclic) bond motifs is 2. The van der Waals surface area contributed by atoms with Crippen LogP contribution in [0, 0.1) is 35.5 Å². The SMILES string of the molecule is C[C@@H]1CC[C@H]2C(CSCCCCSCC3=C(C(F)(F)F)O[C@@H]4O[C@@]5(C)CCC6[C@H](C)CC[C@@H]3[C@]64OO5)=C(C(F)(F)F)O[C@@H]3O[C@@H](C)CCC1C32OO. The van der Waals surface area contributed by atoms with Gasteiger partial charge < -0.3 is 18.9 Å². The van der Waals surface area contributed by atoms with Gasteiger partial charge >= 0.3 is 12.4 Å². The van der Waals surface area contributed by atoms with Crippen LogP contribution in [-0.2, 0) is 33.6 Å². The van der Waals surface area contributed by atoms with Crippen molar-refractivity contribution in [2.45, 2.75) is 140 Å². The van der Waals surface area contributed by atoms with Gasteiger partial charge in [0.1, 0.15) is 0 Å². The van der Waals surface area contributed by atoms with Crippen LogP contribution in [0.3, 0.4) is 0 Å². The van der Waals surface area contributed by atoms with Crippen LogP contribution in [0.15, 0.2) is 22.7 Å². The molecule has 52 heavy (non-hydrogen) atoms. The van der Waals surface area contributed by atoms with Gasteiger partial charge in [0, 0.05) is 41.6 Å². The first-order valence-electron chi connectivity index (χ1n) is 18.7. The Kier molecular flexibility index (Phi) is 11.0. The summed E-state index contributed by atoms with van der Waals surface area (Å²) in [6.45, 7) is 7.60. The third-order valence-corrected chi connectivity index (χ3v) is 15.1. The van der Waals surface area contributed by atoms with Crippen molar-refractivity contribution >= 4 is 23.5 Å². The van der Waals surface area contributed by atoms with E-state index in [2.05, 4.69) is 6.92 Å². The lowest BCUT2D eigenvalue weighted by Crippen LogP contribution is -2.67. The second kappa shape index (κ2) is 14.6. The number of halogens is 6. The number of thioether (sulfide) groups is 2. The third-order valence-electron chi connectivity index (χ3n) is 12.9. The largest absolute Gasteiger partial charge is 0.456 e. The first kappa shape index (κ1) is 39.4. The van der Waals surface area contributed by atoms with Gasteiger partial charge in [-0.2, -0.15) is 49.9 Å². The van der Waals surface area contributed by atoms with E-state index in [0.717, 1.165) is 6.42 Å². The lowest BCUT2D eigenvalue weighted by Gasteiger charge is -2.57. The molecule has 0 aromatic heterocycles. The fourth-order valence-corrected chi connectivity index (χ4v) is 12.6. The summed E-state index contributed by atoms with van der Waals surface area (Å²) in [4.78, 5) is 17.0. The average Bonchev–Trinajstić information content (AvgIpc) is 3.39. The highest BCUT2D eigenvalue weighted by Crippen LogP contribution is 2.62. The molecule has 2 saturated carbocycles. The van der Waals surface area contributed by atoms with Gasteiger partial charge in [-0.15, -0.1) is 0 Å². The van der Waals surface area contributed by atoms with Crippen molar-refractivity contribution in [3.8, 4) is 0 Å². The summed E-state index contributed by atoms with van der Waals surface area (Å²) in [6.07, 6.45) is -6.26. The number of unbranched alkanes of at least 4 members (excludes halogenated alkanes) is 1. The van der Waals surface area contributed by atoms with E-state index in [1.165, 1.54) is 23.5 Å². The van der Waals surface area contributed by atoms with Crippen LogP contribution >= 0.6 is 23.5 Å². The van der Waals surface area contributed by atoms with Crippen molar-refractivity contribution in [3.63, 3.8) is 0 Å². The molecule has 12 atom stereocenters. The zero-order chi connectivity index (χ0) is 37.3. The van der Waals surface area contributed by atoms with Crippen LogP contribution < -0.4 is 0 Å². The molecule has 0 aromatic rings. The number of ether oxygens (including phenoxy) is 4. The normalized spacial score (nSPS) is 43.2. The predicted octanol–water partition coefficient (Wildman–Crippen LogP) is 9.56. The molecular weight excluding hydrogens is 739 g/mol. The molecule has 6 aliphatic heterocycles. The maximum absolute atomic E-state index is 14.5. The van der Waals surface area contributed by atoms with E-state index in [1.807, 2.05) is 6.92 Å².